The third kappa shape index (κ3) is 5.78. The highest BCUT2D eigenvalue weighted by Crippen LogP contribution is 2.43. The van der Waals surface area contributed by atoms with Gasteiger partial charge in [0.15, 0.2) is 0 Å². The van der Waals surface area contributed by atoms with Crippen molar-refractivity contribution in [1.82, 2.24) is 0 Å². The van der Waals surface area contributed by atoms with E-state index in [-0.39, 0.29) is 28.5 Å². The van der Waals surface area contributed by atoms with Crippen LogP contribution in [0.5, 0.6) is 0 Å². The Morgan fingerprint density at radius 3 is 2.54 bits per heavy atom. The first-order valence-corrected chi connectivity index (χ1v) is 14.1. The molecule has 3 aromatic rings. The van der Waals surface area contributed by atoms with Crippen LogP contribution in [0.2, 0.25) is 0 Å². The van der Waals surface area contributed by atoms with Gasteiger partial charge in [0.2, 0.25) is 5.91 Å². The summed E-state index contributed by atoms with van der Waals surface area (Å²) in [5.74, 6) is -0.0311. The summed E-state index contributed by atoms with van der Waals surface area (Å²) in [6.07, 6.45) is 8.95. The number of aryl methyl sites for hydroxylation is 1. The number of para-hydroxylation sites is 1. The minimum atomic E-state index is -0.252. The molecule has 1 aliphatic carbocycles. The van der Waals surface area contributed by atoms with Crippen molar-refractivity contribution in [1.29, 1.82) is 0 Å². The number of hydrogen-bond donors (Lipinski definition) is 2. The molecule has 0 aromatic heterocycles. The molecule has 1 heterocycles. The summed E-state index contributed by atoms with van der Waals surface area (Å²) in [6, 6.07) is 23.3. The smallest absolute Gasteiger partial charge is 0.325 e. The number of carbonyl (C=O) groups excluding carboxylic acids is 2. The molecule has 188 valence electrons. The Morgan fingerprint density at radius 1 is 0.946 bits per heavy atom. The molecule has 1 aliphatic heterocycles. The van der Waals surface area contributed by atoms with Gasteiger partial charge in [0.25, 0.3) is 0 Å². The summed E-state index contributed by atoms with van der Waals surface area (Å²) in [6.45, 7) is 4.03. The molecule has 3 amide bonds. The molecular weight excluding hydrogens is 498 g/mol. The van der Waals surface area contributed by atoms with Gasteiger partial charge in [-0.15, -0.1) is 23.5 Å². The van der Waals surface area contributed by atoms with E-state index in [0.717, 1.165) is 26.7 Å². The van der Waals surface area contributed by atoms with Crippen LogP contribution in [0.25, 0.3) is 0 Å². The maximum atomic E-state index is 13.6. The summed E-state index contributed by atoms with van der Waals surface area (Å²) in [7, 11) is 0. The lowest BCUT2D eigenvalue weighted by atomic mass is 10.1. The third-order valence-corrected chi connectivity index (χ3v) is 8.97. The van der Waals surface area contributed by atoms with Crippen LogP contribution in [-0.2, 0) is 4.79 Å². The first-order valence-electron chi connectivity index (χ1n) is 12.4. The van der Waals surface area contributed by atoms with Gasteiger partial charge >= 0.3 is 6.03 Å². The van der Waals surface area contributed by atoms with Crippen molar-refractivity contribution in [2.75, 3.05) is 15.5 Å². The average molecular weight is 528 g/mol. The zero-order valence-corrected chi connectivity index (χ0v) is 22.4. The first kappa shape index (κ1) is 25.2. The summed E-state index contributed by atoms with van der Waals surface area (Å²) < 4.78 is 0. The van der Waals surface area contributed by atoms with Gasteiger partial charge in [0, 0.05) is 21.2 Å². The lowest BCUT2D eigenvalue weighted by molar-refractivity contribution is -0.115. The lowest BCUT2D eigenvalue weighted by Gasteiger charge is -2.40. The van der Waals surface area contributed by atoms with Crippen LogP contribution in [0.4, 0.5) is 21.9 Å². The summed E-state index contributed by atoms with van der Waals surface area (Å²) >= 11 is 3.29. The topological polar surface area (TPSA) is 61.4 Å². The van der Waals surface area contributed by atoms with Gasteiger partial charge in [-0.3, -0.25) is 9.69 Å². The van der Waals surface area contributed by atoms with E-state index in [4.69, 9.17) is 0 Å². The molecule has 0 saturated heterocycles. The second-order valence-corrected chi connectivity index (χ2v) is 11.5. The third-order valence-electron chi connectivity index (χ3n) is 6.31. The molecule has 3 unspecified atom stereocenters. The fraction of sp³-hybridized carbons (Fsp3) is 0.200. The monoisotopic (exact) mass is 527 g/mol. The molecule has 2 aliphatic rings. The molecule has 0 radical (unpaired) electrons. The number of hydrogen-bond acceptors (Lipinski definition) is 4. The Hall–Kier alpha value is -3.42. The minimum Gasteiger partial charge on any atom is -0.325 e. The fourth-order valence-electron chi connectivity index (χ4n) is 4.40. The van der Waals surface area contributed by atoms with Crippen LogP contribution < -0.4 is 15.5 Å². The molecule has 7 heteroatoms. The first-order chi connectivity index (χ1) is 18.0. The summed E-state index contributed by atoms with van der Waals surface area (Å²) in [5, 5.41) is 6.03. The van der Waals surface area contributed by atoms with Crippen molar-refractivity contribution in [2.45, 2.75) is 46.6 Å². The number of thioether (sulfide) groups is 2. The lowest BCUT2D eigenvalue weighted by Crippen LogP contribution is -2.49. The van der Waals surface area contributed by atoms with Gasteiger partial charge in [0.05, 0.1) is 22.2 Å². The van der Waals surface area contributed by atoms with E-state index in [1.54, 1.807) is 11.8 Å². The molecule has 5 rings (SSSR count). The van der Waals surface area contributed by atoms with Crippen molar-refractivity contribution in [3.05, 3.63) is 103 Å². The molecule has 2 N–H and O–H groups in total. The Bertz CT molecular complexity index is 1350. The van der Waals surface area contributed by atoms with Crippen molar-refractivity contribution in [3.8, 4) is 0 Å². The van der Waals surface area contributed by atoms with Crippen LogP contribution >= 0.6 is 23.5 Å². The van der Waals surface area contributed by atoms with Gasteiger partial charge in [0.1, 0.15) is 0 Å². The average Bonchev–Trinajstić information content (AvgIpc) is 2.91. The highest BCUT2D eigenvalue weighted by atomic mass is 32.2. The van der Waals surface area contributed by atoms with E-state index < -0.39 is 0 Å². The molecule has 0 saturated carbocycles. The van der Waals surface area contributed by atoms with Gasteiger partial charge < -0.3 is 10.6 Å². The number of nitrogens with zero attached hydrogens (tertiary/aromatic N) is 1. The number of amides is 3. The van der Waals surface area contributed by atoms with E-state index in [2.05, 4.69) is 28.9 Å². The Kier molecular flexibility index (Phi) is 7.72. The van der Waals surface area contributed by atoms with Crippen LogP contribution in [0.15, 0.2) is 107 Å². The predicted octanol–water partition coefficient (Wildman–Crippen LogP) is 7.51. The number of benzene rings is 3. The molecule has 0 spiro atoms. The Labute approximate surface area is 226 Å². The molecule has 3 atom stereocenters. The Morgan fingerprint density at radius 2 is 1.73 bits per heavy atom. The SMILES string of the molecule is CCC(Sc1cccc(NC(=O)N2c3ccccc3SC3C=CC=CC32)c1)C(=O)Nc1ccc(C)cc1. The van der Waals surface area contributed by atoms with Gasteiger partial charge in [-0.2, -0.15) is 0 Å². The van der Waals surface area contributed by atoms with E-state index in [0.29, 0.717) is 12.1 Å². The molecule has 3 aromatic carbocycles. The normalized spacial score (nSPS) is 18.5. The number of nitrogens with one attached hydrogen (secondary N) is 2. The zero-order chi connectivity index (χ0) is 25.8. The number of anilines is 3. The van der Waals surface area contributed by atoms with Crippen molar-refractivity contribution >= 4 is 52.5 Å². The van der Waals surface area contributed by atoms with E-state index in [9.17, 15) is 9.59 Å². The van der Waals surface area contributed by atoms with Crippen LogP contribution in [0.3, 0.4) is 0 Å². The highest BCUT2D eigenvalue weighted by molar-refractivity contribution is 8.00. The van der Waals surface area contributed by atoms with E-state index in [1.165, 1.54) is 11.8 Å². The van der Waals surface area contributed by atoms with E-state index in [1.807, 2.05) is 97.6 Å². The quantitative estimate of drug-likeness (QED) is 0.326. The number of urea groups is 1. The van der Waals surface area contributed by atoms with E-state index >= 15 is 0 Å². The molecule has 0 fully saturated rings. The summed E-state index contributed by atoms with van der Waals surface area (Å²) in [5.41, 5.74) is 3.55. The van der Waals surface area contributed by atoms with Crippen molar-refractivity contribution in [3.63, 3.8) is 0 Å². The second-order valence-electron chi connectivity index (χ2n) is 9.01. The maximum absolute atomic E-state index is 13.6. The predicted molar refractivity (Wildman–Crippen MR) is 156 cm³/mol. The molecule has 0 bridgehead atoms. The fourth-order valence-corrected chi connectivity index (χ4v) is 6.67. The number of allylic oxidation sites excluding steroid dienone is 2. The second kappa shape index (κ2) is 11.3. The minimum absolute atomic E-state index is 0.0311. The standard InChI is InChI=1S/C30H29N3O2S2/c1-3-26(29(34)31-21-17-15-20(2)16-18-21)36-23-10-8-9-22(19-23)32-30(35)33-24-11-4-6-13-27(24)37-28-14-7-5-12-25(28)33/h4-19,24,26-27H,3H2,1-2H3,(H,31,34)(H,32,35). The zero-order valence-electron chi connectivity index (χ0n) is 20.8. The maximum Gasteiger partial charge on any atom is 0.326 e. The number of rotatable bonds is 6. The largest absolute Gasteiger partial charge is 0.326 e. The number of fused-ring (bicyclic) bond motifs is 2. The number of carbonyl (C=O) groups is 2. The molecule has 5 nitrogen and oxygen atoms in total. The molecule has 37 heavy (non-hydrogen) atoms. The van der Waals surface area contributed by atoms with Gasteiger partial charge in [-0.05, 0) is 55.8 Å². The summed E-state index contributed by atoms with van der Waals surface area (Å²) in [4.78, 5) is 30.4. The van der Waals surface area contributed by atoms with Crippen molar-refractivity contribution < 1.29 is 9.59 Å². The van der Waals surface area contributed by atoms with Crippen LogP contribution in [-0.4, -0.2) is 28.5 Å². The van der Waals surface area contributed by atoms with Gasteiger partial charge in [-0.1, -0.05) is 67.1 Å². The molecular formula is C30H29N3O2S2. The van der Waals surface area contributed by atoms with Crippen LogP contribution in [0.1, 0.15) is 18.9 Å². The van der Waals surface area contributed by atoms with Crippen molar-refractivity contribution in [2.24, 2.45) is 0 Å². The highest BCUT2D eigenvalue weighted by Gasteiger charge is 2.36. The van der Waals surface area contributed by atoms with Gasteiger partial charge in [-0.25, -0.2) is 4.79 Å². The van der Waals surface area contributed by atoms with Crippen LogP contribution in [0, 0.1) is 6.92 Å². The Balaban J connectivity index is 1.30.